The van der Waals surface area contributed by atoms with Crippen LogP contribution in [0.5, 0.6) is 0 Å². The molecule has 2 unspecified atom stereocenters. The van der Waals surface area contributed by atoms with Gasteiger partial charge in [-0.2, -0.15) is 17.7 Å². The summed E-state index contributed by atoms with van der Waals surface area (Å²) >= 11 is 4.08. The van der Waals surface area contributed by atoms with Gasteiger partial charge >= 0.3 is 0 Å². The van der Waals surface area contributed by atoms with Crippen molar-refractivity contribution in [1.29, 1.82) is 0 Å². The van der Waals surface area contributed by atoms with E-state index in [0.29, 0.717) is 0 Å². The molecule has 0 bridgehead atoms. The second-order valence-corrected chi connectivity index (χ2v) is 4.57. The van der Waals surface area contributed by atoms with Gasteiger partial charge < -0.3 is 5.11 Å². The van der Waals surface area contributed by atoms with E-state index >= 15 is 0 Å². The quantitative estimate of drug-likeness (QED) is 0.844. The molecule has 1 aromatic carbocycles. The molecular formula is C12H13F2N3OS. The van der Waals surface area contributed by atoms with Gasteiger partial charge in [-0.3, -0.25) is 0 Å². The van der Waals surface area contributed by atoms with Gasteiger partial charge in [-0.15, -0.1) is 0 Å². The van der Waals surface area contributed by atoms with Crippen molar-refractivity contribution in [3.05, 3.63) is 48.1 Å². The summed E-state index contributed by atoms with van der Waals surface area (Å²) in [5.74, 6) is -1.56. The number of rotatable bonds is 4. The summed E-state index contributed by atoms with van der Waals surface area (Å²) in [6.07, 6.45) is 2.73. The third-order valence-corrected chi connectivity index (χ3v) is 3.65. The molecule has 1 N–H and O–H groups in total. The first-order valence-corrected chi connectivity index (χ1v) is 6.25. The number of hydrogen-bond acceptors (Lipinski definition) is 4. The Hall–Kier alpha value is -1.47. The summed E-state index contributed by atoms with van der Waals surface area (Å²) < 4.78 is 28.2. The Balaban J connectivity index is 2.47. The summed E-state index contributed by atoms with van der Waals surface area (Å²) in [6.45, 7) is 1.66. The molecule has 7 heteroatoms. The van der Waals surface area contributed by atoms with Gasteiger partial charge in [0.15, 0.2) is 0 Å². The van der Waals surface area contributed by atoms with Crippen molar-refractivity contribution < 1.29 is 13.9 Å². The highest BCUT2D eigenvalue weighted by Crippen LogP contribution is 2.35. The minimum atomic E-state index is -1.62. The zero-order chi connectivity index (χ0) is 14.0. The van der Waals surface area contributed by atoms with Crippen molar-refractivity contribution >= 4 is 12.6 Å². The Labute approximate surface area is 114 Å². The van der Waals surface area contributed by atoms with Crippen LogP contribution >= 0.6 is 12.6 Å². The molecule has 2 aromatic rings. The molecule has 2 atom stereocenters. The van der Waals surface area contributed by atoms with Gasteiger partial charge in [0.25, 0.3) is 0 Å². The lowest BCUT2D eigenvalue weighted by Gasteiger charge is -2.33. The fraction of sp³-hybridized carbons (Fsp3) is 0.333. The second-order valence-electron chi connectivity index (χ2n) is 4.26. The van der Waals surface area contributed by atoms with Crippen molar-refractivity contribution in [2.24, 2.45) is 0 Å². The third-order valence-electron chi connectivity index (χ3n) is 3.16. The molecule has 0 radical (unpaired) electrons. The maximum absolute atomic E-state index is 13.9. The SMILES string of the molecule is CC(n1cncn1)C(O)(CS)c1ccc(F)cc1F. The number of nitrogens with zero attached hydrogens (tertiary/aromatic N) is 3. The van der Waals surface area contributed by atoms with Crippen molar-refractivity contribution in [3.8, 4) is 0 Å². The molecule has 1 heterocycles. The van der Waals surface area contributed by atoms with Crippen molar-refractivity contribution in [1.82, 2.24) is 14.8 Å². The minimum absolute atomic E-state index is 0.0214. The molecule has 0 aliphatic carbocycles. The van der Waals surface area contributed by atoms with E-state index in [1.807, 2.05) is 0 Å². The monoisotopic (exact) mass is 285 g/mol. The van der Waals surface area contributed by atoms with E-state index in [1.165, 1.54) is 23.4 Å². The Kier molecular flexibility index (Phi) is 3.86. The number of hydrogen-bond donors (Lipinski definition) is 2. The summed E-state index contributed by atoms with van der Waals surface area (Å²) in [6, 6.07) is 2.44. The van der Waals surface area contributed by atoms with E-state index in [1.54, 1.807) is 6.92 Å². The van der Waals surface area contributed by atoms with E-state index in [0.717, 1.165) is 12.1 Å². The highest BCUT2D eigenvalue weighted by Gasteiger charge is 2.38. The highest BCUT2D eigenvalue weighted by molar-refractivity contribution is 7.80. The van der Waals surface area contributed by atoms with Gasteiger partial charge in [0.05, 0.1) is 6.04 Å². The number of halogens is 2. The van der Waals surface area contributed by atoms with E-state index < -0.39 is 23.3 Å². The number of aliphatic hydroxyl groups is 1. The van der Waals surface area contributed by atoms with Crippen LogP contribution < -0.4 is 0 Å². The molecule has 102 valence electrons. The Morgan fingerprint density at radius 2 is 2.21 bits per heavy atom. The van der Waals surface area contributed by atoms with E-state index in [9.17, 15) is 13.9 Å². The second kappa shape index (κ2) is 5.26. The number of thiol groups is 1. The average Bonchev–Trinajstić information content (AvgIpc) is 2.90. The van der Waals surface area contributed by atoms with Crippen LogP contribution in [0.3, 0.4) is 0 Å². The molecular weight excluding hydrogens is 272 g/mol. The first-order chi connectivity index (χ1) is 8.99. The molecule has 19 heavy (non-hydrogen) atoms. The number of benzene rings is 1. The molecule has 0 aliphatic heterocycles. The zero-order valence-corrected chi connectivity index (χ0v) is 11.1. The van der Waals surface area contributed by atoms with Gasteiger partial charge in [-0.25, -0.2) is 18.4 Å². The van der Waals surface area contributed by atoms with Crippen LogP contribution in [0, 0.1) is 11.6 Å². The van der Waals surface area contributed by atoms with Gasteiger partial charge in [0, 0.05) is 17.4 Å². The lowest BCUT2D eigenvalue weighted by atomic mass is 9.88. The number of aromatic nitrogens is 3. The maximum atomic E-state index is 13.9. The predicted octanol–water partition coefficient (Wildman–Crippen LogP) is 1.93. The van der Waals surface area contributed by atoms with Gasteiger partial charge in [-0.1, -0.05) is 6.07 Å². The fourth-order valence-corrected chi connectivity index (χ4v) is 2.35. The van der Waals surface area contributed by atoms with E-state index in [4.69, 9.17) is 0 Å². The highest BCUT2D eigenvalue weighted by atomic mass is 32.1. The summed E-state index contributed by atoms with van der Waals surface area (Å²) in [5, 5.41) is 14.6. The van der Waals surface area contributed by atoms with Crippen molar-refractivity contribution in [3.63, 3.8) is 0 Å². The topological polar surface area (TPSA) is 50.9 Å². The molecule has 0 fully saturated rings. The predicted molar refractivity (Wildman–Crippen MR) is 68.8 cm³/mol. The summed E-state index contributed by atoms with van der Waals surface area (Å²) in [4.78, 5) is 3.78. The van der Waals surface area contributed by atoms with Crippen molar-refractivity contribution in [2.45, 2.75) is 18.6 Å². The lowest BCUT2D eigenvalue weighted by molar-refractivity contribution is 0.00481. The fourth-order valence-electron chi connectivity index (χ4n) is 1.92. The third kappa shape index (κ3) is 2.48. The summed E-state index contributed by atoms with van der Waals surface area (Å²) in [7, 11) is 0. The Morgan fingerprint density at radius 3 is 2.74 bits per heavy atom. The maximum Gasteiger partial charge on any atom is 0.137 e. The van der Waals surface area contributed by atoms with Crippen LogP contribution in [-0.4, -0.2) is 25.6 Å². The minimum Gasteiger partial charge on any atom is -0.382 e. The first kappa shape index (κ1) is 14.0. The largest absolute Gasteiger partial charge is 0.382 e. The van der Waals surface area contributed by atoms with Crippen LogP contribution in [0.15, 0.2) is 30.9 Å². The van der Waals surface area contributed by atoms with Gasteiger partial charge in [0.1, 0.15) is 29.9 Å². The van der Waals surface area contributed by atoms with Crippen LogP contribution in [0.2, 0.25) is 0 Å². The molecule has 0 aliphatic rings. The lowest BCUT2D eigenvalue weighted by Crippen LogP contribution is -2.38. The van der Waals surface area contributed by atoms with E-state index in [2.05, 4.69) is 22.7 Å². The molecule has 1 aromatic heterocycles. The standard InChI is InChI=1S/C12H13F2N3OS/c1-8(17-7-15-6-16-17)12(18,5-19)10-3-2-9(13)4-11(10)14/h2-4,6-8,18-19H,5H2,1H3. The average molecular weight is 285 g/mol. The molecule has 0 spiro atoms. The molecule has 0 saturated carbocycles. The van der Waals surface area contributed by atoms with Crippen molar-refractivity contribution in [2.75, 3.05) is 5.75 Å². The van der Waals surface area contributed by atoms with Crippen LogP contribution in [0.25, 0.3) is 0 Å². The molecule has 0 saturated heterocycles. The normalized spacial score (nSPS) is 16.1. The smallest absolute Gasteiger partial charge is 0.137 e. The van der Waals surface area contributed by atoms with E-state index in [-0.39, 0.29) is 11.3 Å². The zero-order valence-electron chi connectivity index (χ0n) is 10.2. The summed E-state index contributed by atoms with van der Waals surface area (Å²) in [5.41, 5.74) is -1.64. The first-order valence-electron chi connectivity index (χ1n) is 5.62. The Bertz CT molecular complexity index is 564. The van der Waals surface area contributed by atoms with Gasteiger partial charge in [-0.05, 0) is 13.0 Å². The Morgan fingerprint density at radius 1 is 1.47 bits per heavy atom. The molecule has 2 rings (SSSR count). The van der Waals surface area contributed by atoms with Crippen LogP contribution in [0.4, 0.5) is 8.78 Å². The van der Waals surface area contributed by atoms with Crippen LogP contribution in [0.1, 0.15) is 18.5 Å². The van der Waals surface area contributed by atoms with Crippen LogP contribution in [-0.2, 0) is 5.60 Å². The molecule has 0 amide bonds. The van der Waals surface area contributed by atoms with Gasteiger partial charge in [0.2, 0.25) is 0 Å². The molecule has 4 nitrogen and oxygen atoms in total.